The summed E-state index contributed by atoms with van der Waals surface area (Å²) in [6, 6.07) is 0.142. The highest BCUT2D eigenvalue weighted by Gasteiger charge is 2.37. The molecule has 1 rings (SSSR count). The van der Waals surface area contributed by atoms with Crippen molar-refractivity contribution in [2.75, 3.05) is 19.6 Å². The molecule has 0 aromatic rings. The Balaban J connectivity index is 2.24. The molecular weight excluding hydrogens is 226 g/mol. The zero-order valence-electron chi connectivity index (χ0n) is 10.4. The van der Waals surface area contributed by atoms with Crippen molar-refractivity contribution >= 4 is 5.91 Å². The van der Waals surface area contributed by atoms with E-state index in [1.165, 1.54) is 6.08 Å². The number of nitrogens with zero attached hydrogens (tertiary/aromatic N) is 1. The lowest BCUT2D eigenvalue weighted by Gasteiger charge is -2.12. The lowest BCUT2D eigenvalue weighted by atomic mass is 10.2. The van der Waals surface area contributed by atoms with Crippen LogP contribution < -0.4 is 5.32 Å². The Morgan fingerprint density at radius 2 is 2.29 bits per heavy atom. The number of carbonyl (C=O) groups is 1. The molecule has 1 saturated heterocycles. The number of alkyl halides is 2. The Hall–Kier alpha value is -0.970. The van der Waals surface area contributed by atoms with E-state index in [4.69, 9.17) is 0 Å². The van der Waals surface area contributed by atoms with Crippen molar-refractivity contribution in [2.45, 2.75) is 38.7 Å². The van der Waals surface area contributed by atoms with E-state index in [0.717, 1.165) is 6.42 Å². The highest BCUT2D eigenvalue weighted by molar-refractivity contribution is 5.87. The first kappa shape index (κ1) is 14.1. The molecule has 1 aliphatic rings. The van der Waals surface area contributed by atoms with Crippen LogP contribution in [-0.2, 0) is 4.79 Å². The number of amides is 1. The molecule has 17 heavy (non-hydrogen) atoms. The third kappa shape index (κ3) is 5.26. The quantitative estimate of drug-likeness (QED) is 0.750. The molecule has 1 N–H and O–H groups in total. The molecule has 0 spiro atoms. The van der Waals surface area contributed by atoms with E-state index < -0.39 is 5.92 Å². The van der Waals surface area contributed by atoms with Gasteiger partial charge in [0.05, 0.1) is 6.54 Å². The van der Waals surface area contributed by atoms with Crippen LogP contribution in [0.3, 0.4) is 0 Å². The molecule has 1 amide bonds. The van der Waals surface area contributed by atoms with E-state index in [9.17, 15) is 13.6 Å². The van der Waals surface area contributed by atoms with Gasteiger partial charge in [0, 0.05) is 31.6 Å². The highest BCUT2D eigenvalue weighted by Crippen LogP contribution is 2.26. The molecule has 1 unspecified atom stereocenters. The summed E-state index contributed by atoms with van der Waals surface area (Å²) in [6.45, 7) is 4.51. The first-order chi connectivity index (χ1) is 7.93. The average molecular weight is 246 g/mol. The Morgan fingerprint density at radius 3 is 2.82 bits per heavy atom. The molecule has 0 aromatic carbocycles. The second kappa shape index (κ2) is 6.10. The monoisotopic (exact) mass is 246 g/mol. The summed E-state index contributed by atoms with van der Waals surface area (Å²) in [5.74, 6) is -2.72. The van der Waals surface area contributed by atoms with Gasteiger partial charge in [0.25, 0.3) is 5.92 Å². The molecule has 0 bridgehead atoms. The molecule has 0 radical (unpaired) electrons. The topological polar surface area (TPSA) is 32.3 Å². The van der Waals surface area contributed by atoms with Crippen LogP contribution in [0.25, 0.3) is 0 Å². The summed E-state index contributed by atoms with van der Waals surface area (Å²) in [5, 5.41) is 2.78. The molecule has 0 aromatic heterocycles. The molecule has 1 fully saturated rings. The maximum Gasteiger partial charge on any atom is 0.261 e. The number of likely N-dealkylation sites (tertiary alicyclic amines) is 1. The van der Waals surface area contributed by atoms with Crippen molar-refractivity contribution in [1.82, 2.24) is 10.2 Å². The van der Waals surface area contributed by atoms with Crippen molar-refractivity contribution < 1.29 is 13.6 Å². The molecule has 5 heteroatoms. The fourth-order valence-electron chi connectivity index (χ4n) is 1.66. The molecule has 0 aliphatic carbocycles. The Bertz CT molecular complexity index is 292. The molecule has 1 atom stereocenters. The standard InChI is InChI=1S/C12H20F2N2O/c1-3-10(2)15-11(17)5-4-7-16-8-6-12(13,14)9-16/h4-5,10H,3,6-9H2,1-2H3,(H,15,17)/b5-4+. The SMILES string of the molecule is CCC(C)NC(=O)/C=C/CN1CCC(F)(F)C1. The Morgan fingerprint density at radius 1 is 1.59 bits per heavy atom. The lowest BCUT2D eigenvalue weighted by Crippen LogP contribution is -2.30. The predicted molar refractivity (Wildman–Crippen MR) is 63.0 cm³/mol. The van der Waals surface area contributed by atoms with Gasteiger partial charge in [-0.1, -0.05) is 13.0 Å². The van der Waals surface area contributed by atoms with Crippen LogP contribution >= 0.6 is 0 Å². The molecule has 1 aliphatic heterocycles. The summed E-state index contributed by atoms with van der Waals surface area (Å²) in [4.78, 5) is 13.0. The zero-order valence-corrected chi connectivity index (χ0v) is 10.4. The summed E-state index contributed by atoms with van der Waals surface area (Å²) in [6.07, 6.45) is 3.85. The molecule has 98 valence electrons. The number of hydrogen-bond acceptors (Lipinski definition) is 2. The van der Waals surface area contributed by atoms with Gasteiger partial charge in [-0.05, 0) is 13.3 Å². The summed E-state index contributed by atoms with van der Waals surface area (Å²) >= 11 is 0. The van der Waals surface area contributed by atoms with Crippen molar-refractivity contribution in [2.24, 2.45) is 0 Å². The van der Waals surface area contributed by atoms with Gasteiger partial charge in [-0.25, -0.2) is 8.78 Å². The van der Waals surface area contributed by atoms with Gasteiger partial charge in [-0.2, -0.15) is 0 Å². The van der Waals surface area contributed by atoms with Crippen molar-refractivity contribution in [3.05, 3.63) is 12.2 Å². The van der Waals surface area contributed by atoms with Gasteiger partial charge in [0.2, 0.25) is 5.91 Å². The fourth-order valence-corrected chi connectivity index (χ4v) is 1.66. The third-order valence-electron chi connectivity index (χ3n) is 2.88. The van der Waals surface area contributed by atoms with Gasteiger partial charge in [-0.15, -0.1) is 0 Å². The van der Waals surface area contributed by atoms with E-state index in [2.05, 4.69) is 5.32 Å². The van der Waals surface area contributed by atoms with Crippen LogP contribution in [0.2, 0.25) is 0 Å². The van der Waals surface area contributed by atoms with Crippen LogP contribution in [0.15, 0.2) is 12.2 Å². The Labute approximate surface area is 101 Å². The first-order valence-electron chi connectivity index (χ1n) is 6.00. The van der Waals surface area contributed by atoms with Crippen LogP contribution in [0.1, 0.15) is 26.7 Å². The number of hydrogen-bond donors (Lipinski definition) is 1. The maximum atomic E-state index is 12.9. The maximum absolute atomic E-state index is 12.9. The van der Waals surface area contributed by atoms with E-state index in [-0.39, 0.29) is 24.9 Å². The second-order valence-corrected chi connectivity index (χ2v) is 4.56. The molecule has 1 heterocycles. The van der Waals surface area contributed by atoms with Crippen molar-refractivity contribution in [3.63, 3.8) is 0 Å². The number of rotatable bonds is 5. The van der Waals surface area contributed by atoms with Crippen LogP contribution in [0.5, 0.6) is 0 Å². The zero-order chi connectivity index (χ0) is 12.9. The van der Waals surface area contributed by atoms with E-state index >= 15 is 0 Å². The van der Waals surface area contributed by atoms with Crippen LogP contribution in [-0.4, -0.2) is 42.4 Å². The molecular formula is C12H20F2N2O. The minimum Gasteiger partial charge on any atom is -0.350 e. The van der Waals surface area contributed by atoms with Gasteiger partial charge < -0.3 is 5.32 Å². The van der Waals surface area contributed by atoms with Crippen molar-refractivity contribution in [1.29, 1.82) is 0 Å². The van der Waals surface area contributed by atoms with Gasteiger partial charge in [-0.3, -0.25) is 9.69 Å². The number of carbonyl (C=O) groups excluding carboxylic acids is 1. The van der Waals surface area contributed by atoms with Gasteiger partial charge in [0.1, 0.15) is 0 Å². The van der Waals surface area contributed by atoms with Crippen LogP contribution in [0, 0.1) is 0 Å². The van der Waals surface area contributed by atoms with Crippen molar-refractivity contribution in [3.8, 4) is 0 Å². The summed E-state index contributed by atoms with van der Waals surface area (Å²) in [7, 11) is 0. The lowest BCUT2D eigenvalue weighted by molar-refractivity contribution is -0.117. The second-order valence-electron chi connectivity index (χ2n) is 4.56. The normalized spacial score (nSPS) is 21.9. The first-order valence-corrected chi connectivity index (χ1v) is 6.00. The van der Waals surface area contributed by atoms with Gasteiger partial charge >= 0.3 is 0 Å². The summed E-state index contributed by atoms with van der Waals surface area (Å²) < 4.78 is 25.7. The van der Waals surface area contributed by atoms with E-state index in [0.29, 0.717) is 13.1 Å². The third-order valence-corrected chi connectivity index (χ3v) is 2.88. The predicted octanol–water partition coefficient (Wildman–Crippen LogP) is 1.80. The van der Waals surface area contributed by atoms with E-state index in [1.807, 2.05) is 13.8 Å². The largest absolute Gasteiger partial charge is 0.350 e. The van der Waals surface area contributed by atoms with Crippen LogP contribution in [0.4, 0.5) is 8.78 Å². The summed E-state index contributed by atoms with van der Waals surface area (Å²) in [5.41, 5.74) is 0. The number of halogens is 2. The number of nitrogens with one attached hydrogen (secondary N) is 1. The highest BCUT2D eigenvalue weighted by atomic mass is 19.3. The van der Waals surface area contributed by atoms with Gasteiger partial charge in [0.15, 0.2) is 0 Å². The van der Waals surface area contributed by atoms with E-state index in [1.54, 1.807) is 11.0 Å². The minimum atomic E-state index is -2.56. The molecule has 3 nitrogen and oxygen atoms in total. The smallest absolute Gasteiger partial charge is 0.261 e. The fraction of sp³-hybridized carbons (Fsp3) is 0.750. The molecule has 0 saturated carbocycles. The average Bonchev–Trinajstić information content (AvgIpc) is 2.58. The minimum absolute atomic E-state index is 0.0834. The Kier molecular flexibility index (Phi) is 5.05.